The van der Waals surface area contributed by atoms with Crippen molar-refractivity contribution in [3.05, 3.63) is 71.7 Å². The maximum absolute atomic E-state index is 13.3. The second-order valence-corrected chi connectivity index (χ2v) is 10.8. The molecule has 2 aromatic heterocycles. The lowest BCUT2D eigenvalue weighted by Gasteiger charge is -2.29. The summed E-state index contributed by atoms with van der Waals surface area (Å²) in [5.41, 5.74) is 7.25. The lowest BCUT2D eigenvalue weighted by atomic mass is 10.0. The number of hydrogen-bond acceptors (Lipinski definition) is 7. The Kier molecular flexibility index (Phi) is 8.74. The Bertz CT molecular complexity index is 1460. The van der Waals surface area contributed by atoms with Gasteiger partial charge in [0.2, 0.25) is 0 Å². The molecule has 1 amide bonds. The molecule has 0 unspecified atom stereocenters. The fraction of sp³-hybridized carbons (Fsp3) is 0.387. The SMILES string of the molecule is CCc1cc(NC(=O)c2n[nH]c3ccc(-c4cncc(CN5CCC(O)CC5)c4)cc23)ccc1NCCN(C)C. The molecule has 1 fully saturated rings. The minimum absolute atomic E-state index is 0.183. The number of likely N-dealkylation sites (N-methyl/N-ethyl adjacent to an activating group) is 1. The van der Waals surface area contributed by atoms with Crippen molar-refractivity contribution in [1.29, 1.82) is 0 Å². The predicted octanol–water partition coefficient (Wildman–Crippen LogP) is 4.37. The van der Waals surface area contributed by atoms with Crippen molar-refractivity contribution in [2.24, 2.45) is 0 Å². The number of aliphatic hydroxyl groups excluding tert-OH is 1. The van der Waals surface area contributed by atoms with Crippen LogP contribution in [0, 0.1) is 0 Å². The largest absolute Gasteiger partial charge is 0.393 e. The highest BCUT2D eigenvalue weighted by molar-refractivity contribution is 6.11. The van der Waals surface area contributed by atoms with Gasteiger partial charge in [-0.1, -0.05) is 13.0 Å². The molecule has 0 bridgehead atoms. The number of rotatable bonds is 10. The molecule has 0 atom stereocenters. The summed E-state index contributed by atoms with van der Waals surface area (Å²) in [4.78, 5) is 22.3. The molecule has 5 rings (SSSR count). The van der Waals surface area contributed by atoms with E-state index in [0.29, 0.717) is 5.69 Å². The molecule has 4 aromatic rings. The van der Waals surface area contributed by atoms with Gasteiger partial charge < -0.3 is 20.6 Å². The average Bonchev–Trinajstić information content (AvgIpc) is 3.38. The normalized spacial score (nSPS) is 14.6. The third-order valence-corrected chi connectivity index (χ3v) is 7.49. The molecular weight excluding hydrogens is 502 g/mol. The highest BCUT2D eigenvalue weighted by Crippen LogP contribution is 2.27. The predicted molar refractivity (Wildman–Crippen MR) is 161 cm³/mol. The van der Waals surface area contributed by atoms with Crippen molar-refractivity contribution in [3.63, 3.8) is 0 Å². The summed E-state index contributed by atoms with van der Waals surface area (Å²) in [6.07, 6.45) is 6.05. The fourth-order valence-electron chi connectivity index (χ4n) is 5.18. The van der Waals surface area contributed by atoms with E-state index in [0.717, 1.165) is 96.5 Å². The number of aryl methyl sites for hydroxylation is 1. The number of aliphatic hydroxyl groups is 1. The van der Waals surface area contributed by atoms with Crippen LogP contribution in [0.15, 0.2) is 54.9 Å². The highest BCUT2D eigenvalue weighted by Gasteiger charge is 2.18. The summed E-state index contributed by atoms with van der Waals surface area (Å²) in [5.74, 6) is -0.252. The van der Waals surface area contributed by atoms with E-state index in [4.69, 9.17) is 0 Å². The Morgan fingerprint density at radius 2 is 1.93 bits per heavy atom. The van der Waals surface area contributed by atoms with E-state index in [1.807, 2.05) is 48.8 Å². The molecule has 1 aliphatic heterocycles. The number of nitrogens with one attached hydrogen (secondary N) is 3. The molecule has 210 valence electrons. The summed E-state index contributed by atoms with van der Waals surface area (Å²) in [6, 6.07) is 14.1. The number of hydrogen-bond donors (Lipinski definition) is 4. The van der Waals surface area contributed by atoms with Gasteiger partial charge in [0, 0.05) is 67.4 Å². The third-order valence-electron chi connectivity index (χ3n) is 7.49. The molecule has 4 N–H and O–H groups in total. The number of aromatic amines is 1. The van der Waals surface area contributed by atoms with Gasteiger partial charge in [0.1, 0.15) is 0 Å². The molecule has 2 aromatic carbocycles. The van der Waals surface area contributed by atoms with Gasteiger partial charge in [-0.3, -0.25) is 19.8 Å². The highest BCUT2D eigenvalue weighted by atomic mass is 16.3. The number of aromatic nitrogens is 3. The molecule has 9 nitrogen and oxygen atoms in total. The third kappa shape index (κ3) is 6.67. The van der Waals surface area contributed by atoms with Crippen LogP contribution in [0.5, 0.6) is 0 Å². The number of nitrogens with zero attached hydrogens (tertiary/aromatic N) is 4. The van der Waals surface area contributed by atoms with Gasteiger partial charge >= 0.3 is 0 Å². The van der Waals surface area contributed by atoms with Crippen LogP contribution in [-0.2, 0) is 13.0 Å². The number of carbonyl (C=O) groups excluding carboxylic acids is 1. The summed E-state index contributed by atoms with van der Waals surface area (Å²) in [6.45, 7) is 6.49. The topological polar surface area (TPSA) is 109 Å². The smallest absolute Gasteiger partial charge is 0.276 e. The van der Waals surface area contributed by atoms with Crippen molar-refractivity contribution in [3.8, 4) is 11.1 Å². The Morgan fingerprint density at radius 3 is 2.70 bits per heavy atom. The van der Waals surface area contributed by atoms with Crippen LogP contribution in [0.1, 0.15) is 41.4 Å². The second-order valence-electron chi connectivity index (χ2n) is 10.8. The quantitative estimate of drug-likeness (QED) is 0.236. The number of pyridine rings is 1. The minimum Gasteiger partial charge on any atom is -0.393 e. The van der Waals surface area contributed by atoms with Crippen molar-refractivity contribution in [2.45, 2.75) is 38.8 Å². The van der Waals surface area contributed by atoms with Crippen molar-refractivity contribution < 1.29 is 9.90 Å². The number of fused-ring (bicyclic) bond motifs is 1. The van der Waals surface area contributed by atoms with Gasteiger partial charge in [-0.2, -0.15) is 5.10 Å². The van der Waals surface area contributed by atoms with Gasteiger partial charge in [-0.15, -0.1) is 0 Å². The van der Waals surface area contributed by atoms with Crippen LogP contribution in [-0.4, -0.2) is 82.4 Å². The standard InChI is InChI=1S/C31H39N7O2/c1-4-22-16-25(6-8-28(22)33-11-14-37(2)3)34-31(40)30-27-17-23(5-7-29(27)35-36-30)24-15-21(18-32-19-24)20-38-12-9-26(39)10-13-38/h5-8,15-19,26,33,39H,4,9-14,20H2,1-3H3,(H,34,40)(H,35,36). The van der Waals surface area contributed by atoms with Gasteiger partial charge in [0.05, 0.1) is 11.6 Å². The molecule has 0 radical (unpaired) electrons. The van der Waals surface area contributed by atoms with Gasteiger partial charge in [0.15, 0.2) is 5.69 Å². The van der Waals surface area contributed by atoms with E-state index in [-0.39, 0.29) is 12.0 Å². The maximum Gasteiger partial charge on any atom is 0.276 e. The zero-order valence-electron chi connectivity index (χ0n) is 23.6. The molecular formula is C31H39N7O2. The van der Waals surface area contributed by atoms with Gasteiger partial charge in [0.25, 0.3) is 5.91 Å². The molecule has 9 heteroatoms. The van der Waals surface area contributed by atoms with Crippen LogP contribution in [0.2, 0.25) is 0 Å². The van der Waals surface area contributed by atoms with Crippen LogP contribution in [0.25, 0.3) is 22.0 Å². The second kappa shape index (κ2) is 12.6. The van der Waals surface area contributed by atoms with E-state index in [1.54, 1.807) is 0 Å². The number of likely N-dealkylation sites (tertiary alicyclic amines) is 1. The maximum atomic E-state index is 13.3. The molecule has 1 saturated heterocycles. The number of carbonyl (C=O) groups is 1. The molecule has 0 spiro atoms. The van der Waals surface area contributed by atoms with Crippen LogP contribution in [0.3, 0.4) is 0 Å². The zero-order valence-corrected chi connectivity index (χ0v) is 23.6. The first-order chi connectivity index (χ1) is 19.4. The number of amides is 1. The van der Waals surface area contributed by atoms with Gasteiger partial charge in [-0.05, 0) is 86.4 Å². The van der Waals surface area contributed by atoms with Crippen molar-refractivity contribution in [2.75, 3.05) is 50.9 Å². The Hall–Kier alpha value is -3.79. The van der Waals surface area contributed by atoms with E-state index < -0.39 is 0 Å². The van der Waals surface area contributed by atoms with E-state index in [2.05, 4.69) is 62.7 Å². The average molecular weight is 542 g/mol. The van der Waals surface area contributed by atoms with Crippen molar-refractivity contribution in [1.82, 2.24) is 25.0 Å². The summed E-state index contributed by atoms with van der Waals surface area (Å²) < 4.78 is 0. The number of H-pyrrole nitrogens is 1. The molecule has 0 saturated carbocycles. The van der Waals surface area contributed by atoms with E-state index in [1.165, 1.54) is 0 Å². The first-order valence-electron chi connectivity index (χ1n) is 14.1. The fourth-order valence-corrected chi connectivity index (χ4v) is 5.18. The van der Waals surface area contributed by atoms with Crippen LogP contribution in [0.4, 0.5) is 11.4 Å². The number of benzene rings is 2. The van der Waals surface area contributed by atoms with Crippen LogP contribution >= 0.6 is 0 Å². The van der Waals surface area contributed by atoms with Crippen LogP contribution < -0.4 is 10.6 Å². The molecule has 3 heterocycles. The zero-order chi connectivity index (χ0) is 28.1. The number of anilines is 2. The first-order valence-corrected chi connectivity index (χ1v) is 14.1. The Balaban J connectivity index is 1.32. The molecule has 0 aliphatic carbocycles. The monoisotopic (exact) mass is 541 g/mol. The molecule has 1 aliphatic rings. The summed E-state index contributed by atoms with van der Waals surface area (Å²) in [5, 5.41) is 24.4. The first kappa shape index (κ1) is 27.8. The Labute approximate surface area is 235 Å². The summed E-state index contributed by atoms with van der Waals surface area (Å²) >= 11 is 0. The van der Waals surface area contributed by atoms with E-state index in [9.17, 15) is 9.90 Å². The minimum atomic E-state index is -0.252. The van der Waals surface area contributed by atoms with E-state index >= 15 is 0 Å². The summed E-state index contributed by atoms with van der Waals surface area (Å²) in [7, 11) is 4.11. The van der Waals surface area contributed by atoms with Crippen molar-refractivity contribution >= 4 is 28.2 Å². The number of piperidine rings is 1. The lowest BCUT2D eigenvalue weighted by molar-refractivity contribution is 0.0792. The lowest BCUT2D eigenvalue weighted by Crippen LogP contribution is -2.35. The molecule has 40 heavy (non-hydrogen) atoms. The Morgan fingerprint density at radius 1 is 1.10 bits per heavy atom. The van der Waals surface area contributed by atoms with Gasteiger partial charge in [-0.25, -0.2) is 0 Å².